The second-order valence-corrected chi connectivity index (χ2v) is 8.00. The Hall–Kier alpha value is -4.79. The number of nitrogens with one attached hydrogen (secondary N) is 1. The number of hydrogen-bond donors (Lipinski definition) is 1. The number of H-pyrrole nitrogens is 1. The highest BCUT2D eigenvalue weighted by atomic mass is 19.1. The lowest BCUT2D eigenvalue weighted by atomic mass is 10.1. The van der Waals surface area contributed by atoms with Gasteiger partial charge in [0, 0.05) is 17.0 Å². The van der Waals surface area contributed by atoms with Gasteiger partial charge in [0.1, 0.15) is 22.7 Å². The van der Waals surface area contributed by atoms with Gasteiger partial charge in [-0.05, 0) is 36.4 Å². The minimum atomic E-state index is -0.638. The van der Waals surface area contributed by atoms with Crippen molar-refractivity contribution in [2.45, 2.75) is 6.54 Å². The van der Waals surface area contributed by atoms with Crippen LogP contribution < -0.4 is 11.2 Å². The van der Waals surface area contributed by atoms with E-state index in [4.69, 9.17) is 8.83 Å². The molecule has 5 aromatic heterocycles. The second-order valence-electron chi connectivity index (χ2n) is 8.00. The Kier molecular flexibility index (Phi) is 3.65. The first-order chi connectivity index (χ1) is 16.6. The van der Waals surface area contributed by atoms with E-state index < -0.39 is 11.4 Å². The fourth-order valence-electron chi connectivity index (χ4n) is 4.70. The monoisotopic (exact) mass is 452 g/mol. The molecule has 0 fully saturated rings. The first-order valence-electron chi connectivity index (χ1n) is 10.5. The number of benzene rings is 2. The summed E-state index contributed by atoms with van der Waals surface area (Å²) in [5.74, 6) is -0.180. The third kappa shape index (κ3) is 2.46. The van der Waals surface area contributed by atoms with Crippen molar-refractivity contribution in [2.75, 3.05) is 0 Å². The van der Waals surface area contributed by atoms with Crippen LogP contribution in [0, 0.1) is 5.82 Å². The highest BCUT2D eigenvalue weighted by molar-refractivity contribution is 6.25. The Labute approximate surface area is 187 Å². The van der Waals surface area contributed by atoms with Crippen LogP contribution >= 0.6 is 0 Å². The number of nitrogens with zero attached hydrogens (tertiary/aromatic N) is 3. The maximum absolute atomic E-state index is 15.0. The van der Waals surface area contributed by atoms with Crippen molar-refractivity contribution in [2.24, 2.45) is 0 Å². The lowest BCUT2D eigenvalue weighted by Crippen LogP contribution is -2.16. The van der Waals surface area contributed by atoms with Crippen molar-refractivity contribution in [3.8, 4) is 0 Å². The Morgan fingerprint density at radius 3 is 2.76 bits per heavy atom. The molecular formula is C25H13FN4O4. The molecule has 8 nitrogen and oxygen atoms in total. The summed E-state index contributed by atoms with van der Waals surface area (Å²) in [6.45, 7) is 0.00224. The summed E-state index contributed by atoms with van der Waals surface area (Å²) in [6, 6.07) is 13.4. The fourth-order valence-corrected chi connectivity index (χ4v) is 4.70. The summed E-state index contributed by atoms with van der Waals surface area (Å²) in [5, 5.41) is 2.44. The van der Waals surface area contributed by atoms with Crippen LogP contribution in [0.3, 0.4) is 0 Å². The van der Waals surface area contributed by atoms with Gasteiger partial charge in [-0.15, -0.1) is 0 Å². The van der Waals surface area contributed by atoms with E-state index >= 15 is 4.39 Å². The van der Waals surface area contributed by atoms with E-state index in [-0.39, 0.29) is 23.3 Å². The molecule has 7 rings (SSSR count). The average molecular weight is 452 g/mol. The summed E-state index contributed by atoms with van der Waals surface area (Å²) in [6.07, 6.45) is 2.94. The molecule has 0 aliphatic rings. The van der Waals surface area contributed by atoms with Crippen LogP contribution in [0.1, 0.15) is 5.82 Å². The van der Waals surface area contributed by atoms with E-state index in [1.807, 2.05) is 0 Å². The van der Waals surface area contributed by atoms with Crippen molar-refractivity contribution < 1.29 is 13.2 Å². The van der Waals surface area contributed by atoms with E-state index in [2.05, 4.69) is 15.0 Å². The van der Waals surface area contributed by atoms with Crippen LogP contribution in [0.5, 0.6) is 0 Å². The summed E-state index contributed by atoms with van der Waals surface area (Å²) < 4.78 is 27.8. The lowest BCUT2D eigenvalue weighted by molar-refractivity contribution is 0.553. The highest BCUT2D eigenvalue weighted by Gasteiger charge is 2.24. The number of halogens is 1. The molecule has 5 heterocycles. The molecule has 0 saturated heterocycles. The highest BCUT2D eigenvalue weighted by Crippen LogP contribution is 2.38. The molecule has 34 heavy (non-hydrogen) atoms. The van der Waals surface area contributed by atoms with E-state index in [0.29, 0.717) is 49.4 Å². The molecule has 0 atom stereocenters. The van der Waals surface area contributed by atoms with Gasteiger partial charge in [-0.25, -0.2) is 19.2 Å². The van der Waals surface area contributed by atoms with Crippen molar-refractivity contribution >= 4 is 54.8 Å². The number of pyridine rings is 1. The first kappa shape index (κ1) is 18.8. The van der Waals surface area contributed by atoms with E-state index in [9.17, 15) is 9.59 Å². The predicted molar refractivity (Wildman–Crippen MR) is 124 cm³/mol. The van der Waals surface area contributed by atoms with E-state index in [0.717, 1.165) is 0 Å². The van der Waals surface area contributed by atoms with Crippen LogP contribution in [0.4, 0.5) is 4.39 Å². The molecule has 0 aliphatic heterocycles. The third-order valence-electron chi connectivity index (χ3n) is 6.11. The number of para-hydroxylation sites is 1. The molecule has 0 saturated carbocycles. The van der Waals surface area contributed by atoms with Gasteiger partial charge in [-0.3, -0.25) is 4.79 Å². The third-order valence-corrected chi connectivity index (χ3v) is 6.11. The maximum atomic E-state index is 15.0. The zero-order chi connectivity index (χ0) is 23.0. The zero-order valence-electron chi connectivity index (χ0n) is 17.3. The standard InChI is InChI=1S/C25H13FN4O4/c26-15-10-17-20(22-12(15)7-9-33-22)19-14-5-3-8-27-24(14)34-25(32)21(19)30(17)11-18-28-16-6-2-1-4-13(16)23(31)29-18/h1-10H,11H2,(H,28,29,31). The number of rotatable bonds is 2. The van der Waals surface area contributed by atoms with Gasteiger partial charge in [0.15, 0.2) is 0 Å². The van der Waals surface area contributed by atoms with Crippen LogP contribution in [-0.2, 0) is 6.54 Å². The van der Waals surface area contributed by atoms with Gasteiger partial charge in [0.05, 0.1) is 40.0 Å². The summed E-state index contributed by atoms with van der Waals surface area (Å²) in [5.41, 5.74) is 0.672. The lowest BCUT2D eigenvalue weighted by Gasteiger charge is -2.08. The number of fused-ring (bicyclic) bond motifs is 8. The van der Waals surface area contributed by atoms with Crippen molar-refractivity contribution in [3.63, 3.8) is 0 Å². The molecular weight excluding hydrogens is 439 g/mol. The molecule has 9 heteroatoms. The normalized spacial score (nSPS) is 12.0. The van der Waals surface area contributed by atoms with Crippen LogP contribution in [0.15, 0.2) is 79.4 Å². The van der Waals surface area contributed by atoms with Gasteiger partial charge >= 0.3 is 5.63 Å². The molecule has 2 aromatic carbocycles. The molecule has 1 N–H and O–H groups in total. The Bertz CT molecular complexity index is 2070. The van der Waals surface area contributed by atoms with Crippen LogP contribution in [-0.4, -0.2) is 19.5 Å². The molecule has 0 unspecified atom stereocenters. The van der Waals surface area contributed by atoms with Gasteiger partial charge in [0.2, 0.25) is 5.71 Å². The molecule has 0 amide bonds. The minimum Gasteiger partial charge on any atom is -0.463 e. The summed E-state index contributed by atoms with van der Waals surface area (Å²) in [4.78, 5) is 37.3. The second kappa shape index (κ2) is 6.61. The van der Waals surface area contributed by atoms with E-state index in [1.54, 1.807) is 47.0 Å². The van der Waals surface area contributed by atoms with Gasteiger partial charge < -0.3 is 18.4 Å². The minimum absolute atomic E-state index is 0.00224. The topological polar surface area (TPSA) is 107 Å². The maximum Gasteiger partial charge on any atom is 0.362 e. The van der Waals surface area contributed by atoms with Crippen molar-refractivity contribution in [3.05, 3.63) is 93.4 Å². The number of hydrogen-bond acceptors (Lipinski definition) is 6. The van der Waals surface area contributed by atoms with Crippen LogP contribution in [0.25, 0.3) is 54.8 Å². The number of furan rings is 1. The first-order valence-corrected chi connectivity index (χ1v) is 10.5. The molecule has 164 valence electrons. The fraction of sp³-hybridized carbons (Fsp3) is 0.0400. The van der Waals surface area contributed by atoms with E-state index in [1.165, 1.54) is 18.5 Å². The predicted octanol–water partition coefficient (Wildman–Crippen LogP) is 4.47. The average Bonchev–Trinajstić information content (AvgIpc) is 3.44. The Morgan fingerprint density at radius 1 is 1.00 bits per heavy atom. The summed E-state index contributed by atoms with van der Waals surface area (Å²) >= 11 is 0. The molecule has 7 aromatic rings. The van der Waals surface area contributed by atoms with Crippen LogP contribution in [0.2, 0.25) is 0 Å². The Morgan fingerprint density at radius 2 is 1.85 bits per heavy atom. The molecule has 0 spiro atoms. The Balaban J connectivity index is 1.65. The molecule has 0 bridgehead atoms. The molecule has 0 aliphatic carbocycles. The van der Waals surface area contributed by atoms with Gasteiger partial charge in [-0.1, -0.05) is 12.1 Å². The number of aromatic nitrogens is 4. The number of aromatic amines is 1. The van der Waals surface area contributed by atoms with Crippen molar-refractivity contribution in [1.29, 1.82) is 0 Å². The smallest absolute Gasteiger partial charge is 0.362 e. The molecule has 0 radical (unpaired) electrons. The van der Waals surface area contributed by atoms with Crippen molar-refractivity contribution in [1.82, 2.24) is 19.5 Å². The van der Waals surface area contributed by atoms with Gasteiger partial charge in [0.25, 0.3) is 5.56 Å². The quantitative estimate of drug-likeness (QED) is 0.415. The van der Waals surface area contributed by atoms with Gasteiger partial charge in [-0.2, -0.15) is 0 Å². The largest absolute Gasteiger partial charge is 0.463 e. The SMILES string of the molecule is O=c1[nH]c(Cn2c3cc(F)c4ccoc4c3c3c4cccnc4oc(=O)c32)nc2ccccc12. The summed E-state index contributed by atoms with van der Waals surface area (Å²) in [7, 11) is 0. The zero-order valence-corrected chi connectivity index (χ0v) is 17.3.